The minimum absolute atomic E-state index is 0.449. The van der Waals surface area contributed by atoms with E-state index < -0.39 is 0 Å². The number of unbranched alkanes of at least 4 members (excludes halogenated alkanes) is 11. The Morgan fingerprint density at radius 2 is 1.22 bits per heavy atom. The molecule has 0 spiro atoms. The maximum Gasteiger partial charge on any atom is 0.0945 e. The number of ether oxygens (including phenoxy) is 1. The van der Waals surface area contributed by atoms with Crippen LogP contribution in [0.25, 0.3) is 0 Å². The molecule has 0 N–H and O–H groups in total. The van der Waals surface area contributed by atoms with Gasteiger partial charge in [0.25, 0.3) is 0 Å². The van der Waals surface area contributed by atoms with Crippen molar-refractivity contribution >= 4 is 0 Å². The number of aryl methyl sites for hydroxylation is 1. The van der Waals surface area contributed by atoms with Gasteiger partial charge in [-0.3, -0.25) is 0 Å². The monoisotopic (exact) mass is 378 g/mol. The van der Waals surface area contributed by atoms with Gasteiger partial charge in [0.1, 0.15) is 0 Å². The van der Waals surface area contributed by atoms with Crippen molar-refractivity contribution in [2.45, 2.75) is 117 Å². The van der Waals surface area contributed by atoms with Gasteiger partial charge in [-0.15, -0.1) is 0 Å². The molecule has 3 heteroatoms. The molecule has 0 atom stereocenters. The lowest BCUT2D eigenvalue weighted by molar-refractivity contribution is 0.118. The maximum atomic E-state index is 5.75. The molecule has 27 heavy (non-hydrogen) atoms. The molecule has 0 unspecified atom stereocenters. The van der Waals surface area contributed by atoms with Gasteiger partial charge in [0.15, 0.2) is 0 Å². The van der Waals surface area contributed by atoms with E-state index in [2.05, 4.69) is 36.5 Å². The summed E-state index contributed by atoms with van der Waals surface area (Å²) in [7, 11) is 0. The molecule has 0 aromatic carbocycles. The first-order chi connectivity index (χ1) is 13.1. The Labute approximate surface area is 169 Å². The molecular weight excluding hydrogens is 332 g/mol. The van der Waals surface area contributed by atoms with Gasteiger partial charge in [-0.1, -0.05) is 85.0 Å². The van der Waals surface area contributed by atoms with Crippen molar-refractivity contribution < 1.29 is 4.74 Å². The highest BCUT2D eigenvalue weighted by molar-refractivity contribution is 4.73. The van der Waals surface area contributed by atoms with Crippen LogP contribution >= 0.6 is 0 Å². The zero-order valence-electron chi connectivity index (χ0n) is 18.6. The van der Waals surface area contributed by atoms with Crippen LogP contribution in [-0.2, 0) is 11.3 Å². The second-order valence-electron chi connectivity index (χ2n) is 9.32. The molecule has 1 aromatic rings. The van der Waals surface area contributed by atoms with Gasteiger partial charge in [0.2, 0.25) is 0 Å². The van der Waals surface area contributed by atoms with Crippen LogP contribution in [0, 0.1) is 5.41 Å². The minimum atomic E-state index is 0.449. The average molecular weight is 379 g/mol. The van der Waals surface area contributed by atoms with Gasteiger partial charge in [-0.2, -0.15) is 0 Å². The van der Waals surface area contributed by atoms with Crippen LogP contribution in [0.2, 0.25) is 0 Å². The lowest BCUT2D eigenvalue weighted by Crippen LogP contribution is -2.07. The summed E-state index contributed by atoms with van der Waals surface area (Å²) < 4.78 is 7.93. The van der Waals surface area contributed by atoms with Gasteiger partial charge in [-0.05, 0) is 31.1 Å². The summed E-state index contributed by atoms with van der Waals surface area (Å²) in [4.78, 5) is 4.08. The molecule has 0 aliphatic rings. The molecule has 158 valence electrons. The SMILES string of the molecule is CC(C)(C)CCCOCCCCCCCCCCCCCCn1ccnc1. The van der Waals surface area contributed by atoms with E-state index in [-0.39, 0.29) is 0 Å². The molecule has 1 rings (SSSR count). The fourth-order valence-electron chi connectivity index (χ4n) is 3.49. The number of aromatic nitrogens is 2. The van der Waals surface area contributed by atoms with Crippen molar-refractivity contribution in [2.75, 3.05) is 13.2 Å². The Kier molecular flexibility index (Phi) is 14.5. The summed E-state index contributed by atoms with van der Waals surface area (Å²) in [6.07, 6.45) is 24.8. The lowest BCUT2D eigenvalue weighted by Gasteiger charge is -2.17. The highest BCUT2D eigenvalue weighted by Crippen LogP contribution is 2.20. The van der Waals surface area contributed by atoms with E-state index in [4.69, 9.17) is 4.74 Å². The highest BCUT2D eigenvalue weighted by Gasteiger charge is 2.08. The lowest BCUT2D eigenvalue weighted by atomic mass is 9.91. The molecule has 0 fully saturated rings. The average Bonchev–Trinajstić information content (AvgIpc) is 3.13. The van der Waals surface area contributed by atoms with Crippen LogP contribution in [-0.4, -0.2) is 22.8 Å². The summed E-state index contributed by atoms with van der Waals surface area (Å²) >= 11 is 0. The van der Waals surface area contributed by atoms with Crippen molar-refractivity contribution in [1.29, 1.82) is 0 Å². The molecule has 0 radical (unpaired) electrons. The van der Waals surface area contributed by atoms with Gasteiger partial charge < -0.3 is 9.30 Å². The Bertz CT molecular complexity index is 409. The van der Waals surface area contributed by atoms with E-state index in [1.54, 1.807) is 0 Å². The molecule has 0 amide bonds. The van der Waals surface area contributed by atoms with Crippen LogP contribution in [0.4, 0.5) is 0 Å². The summed E-state index contributed by atoms with van der Waals surface area (Å²) in [6.45, 7) is 9.94. The standard InChI is InChI=1S/C24H46N2O/c1-24(2,3)17-16-22-27-21-15-13-11-9-7-5-4-6-8-10-12-14-19-26-20-18-25-23-26/h18,20,23H,4-17,19,21-22H2,1-3H3. The van der Waals surface area contributed by atoms with Gasteiger partial charge >= 0.3 is 0 Å². The van der Waals surface area contributed by atoms with Crippen LogP contribution in [0.1, 0.15) is 111 Å². The smallest absolute Gasteiger partial charge is 0.0945 e. The molecule has 0 saturated heterocycles. The summed E-state index contributed by atoms with van der Waals surface area (Å²) in [5.74, 6) is 0. The molecule has 0 bridgehead atoms. The normalized spacial score (nSPS) is 12.0. The second kappa shape index (κ2) is 16.2. The van der Waals surface area contributed by atoms with Gasteiger partial charge in [-0.25, -0.2) is 4.98 Å². The summed E-state index contributed by atoms with van der Waals surface area (Å²) in [5.41, 5.74) is 0.449. The van der Waals surface area contributed by atoms with Crippen LogP contribution in [0.5, 0.6) is 0 Å². The quantitative estimate of drug-likeness (QED) is 0.249. The maximum absolute atomic E-state index is 5.75. The second-order valence-corrected chi connectivity index (χ2v) is 9.32. The van der Waals surface area contributed by atoms with E-state index in [0.717, 1.165) is 19.8 Å². The molecule has 0 aliphatic carbocycles. The highest BCUT2D eigenvalue weighted by atomic mass is 16.5. The Hall–Kier alpha value is -0.830. The number of rotatable bonds is 18. The van der Waals surface area contributed by atoms with Crippen molar-refractivity contribution in [3.63, 3.8) is 0 Å². The first kappa shape index (κ1) is 24.2. The van der Waals surface area contributed by atoms with E-state index >= 15 is 0 Å². The first-order valence-electron chi connectivity index (χ1n) is 11.6. The number of hydrogen-bond donors (Lipinski definition) is 0. The molecule has 1 heterocycles. The summed E-state index contributed by atoms with van der Waals surface area (Å²) in [5, 5.41) is 0. The third-order valence-electron chi connectivity index (χ3n) is 5.23. The molecule has 0 saturated carbocycles. The van der Waals surface area contributed by atoms with Crippen LogP contribution < -0.4 is 0 Å². The van der Waals surface area contributed by atoms with Crippen molar-refractivity contribution in [3.8, 4) is 0 Å². The fraction of sp³-hybridized carbons (Fsp3) is 0.875. The van der Waals surface area contributed by atoms with E-state index in [9.17, 15) is 0 Å². The third kappa shape index (κ3) is 17.0. The van der Waals surface area contributed by atoms with Crippen LogP contribution in [0.15, 0.2) is 18.7 Å². The predicted octanol–water partition coefficient (Wildman–Crippen LogP) is 7.41. The zero-order valence-corrected chi connectivity index (χ0v) is 18.6. The van der Waals surface area contributed by atoms with E-state index in [0.29, 0.717) is 5.41 Å². The van der Waals surface area contributed by atoms with Crippen LogP contribution in [0.3, 0.4) is 0 Å². The Balaban J connectivity index is 1.67. The summed E-state index contributed by atoms with van der Waals surface area (Å²) in [6, 6.07) is 0. The predicted molar refractivity (Wildman–Crippen MR) is 117 cm³/mol. The Morgan fingerprint density at radius 1 is 0.704 bits per heavy atom. The zero-order chi connectivity index (χ0) is 19.6. The van der Waals surface area contributed by atoms with Crippen molar-refractivity contribution in [1.82, 2.24) is 9.55 Å². The number of hydrogen-bond acceptors (Lipinski definition) is 2. The first-order valence-corrected chi connectivity index (χ1v) is 11.6. The Morgan fingerprint density at radius 3 is 1.74 bits per heavy atom. The van der Waals surface area contributed by atoms with E-state index in [1.165, 1.54) is 89.9 Å². The largest absolute Gasteiger partial charge is 0.381 e. The van der Waals surface area contributed by atoms with Crippen molar-refractivity contribution in [3.05, 3.63) is 18.7 Å². The third-order valence-corrected chi connectivity index (χ3v) is 5.23. The number of nitrogens with zero attached hydrogens (tertiary/aromatic N) is 2. The van der Waals surface area contributed by atoms with Gasteiger partial charge in [0, 0.05) is 32.2 Å². The molecule has 0 aliphatic heterocycles. The van der Waals surface area contributed by atoms with E-state index in [1.807, 2.05) is 12.5 Å². The molecular formula is C24H46N2O. The minimum Gasteiger partial charge on any atom is -0.381 e. The fourth-order valence-corrected chi connectivity index (χ4v) is 3.49. The molecule has 1 aromatic heterocycles. The topological polar surface area (TPSA) is 27.1 Å². The number of imidazole rings is 1. The molecule has 3 nitrogen and oxygen atoms in total. The van der Waals surface area contributed by atoms with Crippen molar-refractivity contribution in [2.24, 2.45) is 5.41 Å². The van der Waals surface area contributed by atoms with Gasteiger partial charge in [0.05, 0.1) is 6.33 Å².